The van der Waals surface area contributed by atoms with E-state index < -0.39 is 6.29 Å². The number of nitrogens with zero attached hydrogens (tertiary/aromatic N) is 1. The van der Waals surface area contributed by atoms with E-state index in [9.17, 15) is 4.39 Å². The zero-order valence-corrected chi connectivity index (χ0v) is 12.4. The van der Waals surface area contributed by atoms with Crippen LogP contribution in [0.15, 0.2) is 28.9 Å². The minimum Gasteiger partial charge on any atom is -0.347 e. The van der Waals surface area contributed by atoms with Crippen molar-refractivity contribution in [2.45, 2.75) is 20.1 Å². The zero-order chi connectivity index (χ0) is 13.8. The van der Waals surface area contributed by atoms with Gasteiger partial charge in [-0.2, -0.15) is 0 Å². The molecule has 2 rings (SSSR count). The van der Waals surface area contributed by atoms with Gasteiger partial charge in [0.05, 0.1) is 10.2 Å². The third-order valence-electron chi connectivity index (χ3n) is 2.69. The minimum atomic E-state index is -0.508. The molecular formula is C14H15BrFNO2. The van der Waals surface area contributed by atoms with Crippen molar-refractivity contribution in [2.75, 3.05) is 13.2 Å². The van der Waals surface area contributed by atoms with Crippen LogP contribution in [0.5, 0.6) is 0 Å². The van der Waals surface area contributed by atoms with E-state index in [-0.39, 0.29) is 5.82 Å². The van der Waals surface area contributed by atoms with Crippen LogP contribution < -0.4 is 0 Å². The fourth-order valence-electron chi connectivity index (χ4n) is 1.82. The highest BCUT2D eigenvalue weighted by Crippen LogP contribution is 2.27. The van der Waals surface area contributed by atoms with E-state index in [4.69, 9.17) is 9.47 Å². The molecule has 3 nitrogen and oxygen atoms in total. The molecule has 0 unspecified atom stereocenters. The lowest BCUT2D eigenvalue weighted by molar-refractivity contribution is -0.142. The van der Waals surface area contributed by atoms with Gasteiger partial charge in [-0.15, -0.1) is 0 Å². The van der Waals surface area contributed by atoms with Crippen LogP contribution in [0.3, 0.4) is 0 Å². The lowest BCUT2D eigenvalue weighted by Crippen LogP contribution is -2.10. The summed E-state index contributed by atoms with van der Waals surface area (Å²) in [6.07, 6.45) is 1.00. The van der Waals surface area contributed by atoms with Crippen molar-refractivity contribution in [3.8, 4) is 0 Å². The normalized spacial score (nSPS) is 11.4. The van der Waals surface area contributed by atoms with E-state index in [1.165, 1.54) is 6.20 Å². The summed E-state index contributed by atoms with van der Waals surface area (Å²) in [6, 6.07) is 5.31. The van der Waals surface area contributed by atoms with Gasteiger partial charge >= 0.3 is 0 Å². The molecule has 0 amide bonds. The summed E-state index contributed by atoms with van der Waals surface area (Å²) in [5.41, 5.74) is 0.651. The number of benzene rings is 1. The Hall–Kier alpha value is -1.04. The average molecular weight is 328 g/mol. The lowest BCUT2D eigenvalue weighted by Gasteiger charge is -2.16. The van der Waals surface area contributed by atoms with Crippen molar-refractivity contribution < 1.29 is 13.9 Å². The van der Waals surface area contributed by atoms with Gasteiger partial charge < -0.3 is 9.47 Å². The smallest absolute Gasteiger partial charge is 0.201 e. The van der Waals surface area contributed by atoms with Crippen LogP contribution in [0.2, 0.25) is 0 Å². The molecule has 0 saturated carbocycles. The van der Waals surface area contributed by atoms with Gasteiger partial charge in [0, 0.05) is 24.8 Å². The van der Waals surface area contributed by atoms with Crippen molar-refractivity contribution in [3.05, 3.63) is 40.4 Å². The number of aromatic nitrogens is 1. The molecule has 2 aromatic rings. The van der Waals surface area contributed by atoms with Gasteiger partial charge in [0.1, 0.15) is 5.82 Å². The molecule has 0 aliphatic carbocycles. The van der Waals surface area contributed by atoms with E-state index in [1.807, 2.05) is 19.9 Å². The van der Waals surface area contributed by atoms with Gasteiger partial charge in [0.25, 0.3) is 0 Å². The van der Waals surface area contributed by atoms with Crippen LogP contribution in [-0.4, -0.2) is 18.2 Å². The maximum absolute atomic E-state index is 13.9. The number of fused-ring (bicyclic) bond motifs is 1. The topological polar surface area (TPSA) is 31.4 Å². The number of hydrogen-bond acceptors (Lipinski definition) is 3. The Morgan fingerprint density at radius 3 is 2.58 bits per heavy atom. The Balaban J connectivity index is 2.43. The molecule has 19 heavy (non-hydrogen) atoms. The second-order valence-corrected chi connectivity index (χ2v) is 4.79. The number of hydrogen-bond donors (Lipinski definition) is 0. The summed E-state index contributed by atoms with van der Waals surface area (Å²) in [7, 11) is 0. The molecule has 1 aromatic heterocycles. The first-order chi connectivity index (χ1) is 9.17. The Labute approximate surface area is 119 Å². The monoisotopic (exact) mass is 327 g/mol. The maximum Gasteiger partial charge on any atom is 0.201 e. The Morgan fingerprint density at radius 1 is 1.26 bits per heavy atom. The zero-order valence-electron chi connectivity index (χ0n) is 10.8. The van der Waals surface area contributed by atoms with Gasteiger partial charge in [0.15, 0.2) is 0 Å². The van der Waals surface area contributed by atoms with Crippen LogP contribution in [0.1, 0.15) is 25.8 Å². The standard InChI is InChI=1S/C14H15BrFNO2/c1-3-18-14(19-4-2)12-7-9-5-6-11(15)13(16)10(9)8-17-12/h5-8,14H,3-4H2,1-2H3. The Bertz CT molecular complexity index is 571. The highest BCUT2D eigenvalue weighted by atomic mass is 79.9. The Morgan fingerprint density at radius 2 is 1.95 bits per heavy atom. The largest absolute Gasteiger partial charge is 0.347 e. The van der Waals surface area contributed by atoms with Gasteiger partial charge in [-0.3, -0.25) is 4.98 Å². The van der Waals surface area contributed by atoms with Crippen LogP contribution in [0.25, 0.3) is 10.8 Å². The molecule has 0 radical (unpaired) electrons. The van der Waals surface area contributed by atoms with Gasteiger partial charge in [0.2, 0.25) is 6.29 Å². The highest BCUT2D eigenvalue weighted by molar-refractivity contribution is 9.10. The summed E-state index contributed by atoms with van der Waals surface area (Å²) in [5, 5.41) is 1.25. The minimum absolute atomic E-state index is 0.305. The van der Waals surface area contributed by atoms with Crippen molar-refractivity contribution in [1.29, 1.82) is 0 Å². The molecule has 0 bridgehead atoms. The fraction of sp³-hybridized carbons (Fsp3) is 0.357. The number of halogens is 2. The second kappa shape index (κ2) is 6.41. The number of rotatable bonds is 5. The van der Waals surface area contributed by atoms with E-state index in [0.717, 1.165) is 5.39 Å². The molecule has 0 aliphatic rings. The van der Waals surface area contributed by atoms with E-state index in [2.05, 4.69) is 20.9 Å². The first kappa shape index (κ1) is 14.4. The van der Waals surface area contributed by atoms with Crippen LogP contribution in [-0.2, 0) is 9.47 Å². The third kappa shape index (κ3) is 3.11. The van der Waals surface area contributed by atoms with E-state index >= 15 is 0 Å². The quantitative estimate of drug-likeness (QED) is 0.771. The summed E-state index contributed by atoms with van der Waals surface area (Å²) in [4.78, 5) is 4.24. The molecule has 0 fully saturated rings. The molecule has 0 N–H and O–H groups in total. The Kier molecular flexibility index (Phi) is 4.85. The molecule has 1 aromatic carbocycles. The predicted octanol–water partition coefficient (Wildman–Crippen LogP) is 4.21. The third-order valence-corrected chi connectivity index (χ3v) is 3.30. The SMILES string of the molecule is CCOC(OCC)c1cc2ccc(Br)c(F)c2cn1. The average Bonchev–Trinajstić information content (AvgIpc) is 2.42. The summed E-state index contributed by atoms with van der Waals surface area (Å²) < 4.78 is 25.3. The first-order valence-electron chi connectivity index (χ1n) is 6.14. The molecule has 0 saturated heterocycles. The van der Waals surface area contributed by atoms with E-state index in [1.54, 1.807) is 12.1 Å². The first-order valence-corrected chi connectivity index (χ1v) is 6.93. The molecule has 0 spiro atoms. The van der Waals surface area contributed by atoms with Crippen molar-refractivity contribution in [3.63, 3.8) is 0 Å². The van der Waals surface area contributed by atoms with Crippen molar-refractivity contribution >= 4 is 26.7 Å². The van der Waals surface area contributed by atoms with Gasteiger partial charge in [-0.25, -0.2) is 4.39 Å². The molecule has 0 atom stereocenters. The maximum atomic E-state index is 13.9. The van der Waals surface area contributed by atoms with Crippen molar-refractivity contribution in [1.82, 2.24) is 4.98 Å². The van der Waals surface area contributed by atoms with Gasteiger partial charge in [-0.05, 0) is 47.3 Å². The van der Waals surface area contributed by atoms with Crippen LogP contribution >= 0.6 is 15.9 Å². The van der Waals surface area contributed by atoms with Crippen LogP contribution in [0, 0.1) is 5.82 Å². The summed E-state index contributed by atoms with van der Waals surface area (Å²) in [5.74, 6) is -0.305. The second-order valence-electron chi connectivity index (χ2n) is 3.93. The number of pyridine rings is 1. The van der Waals surface area contributed by atoms with E-state index in [0.29, 0.717) is 28.8 Å². The predicted molar refractivity (Wildman–Crippen MR) is 75.4 cm³/mol. The lowest BCUT2D eigenvalue weighted by atomic mass is 10.1. The van der Waals surface area contributed by atoms with Crippen LogP contribution in [0.4, 0.5) is 4.39 Å². The molecule has 5 heteroatoms. The molecule has 102 valence electrons. The number of ether oxygens (including phenoxy) is 2. The molecule has 0 aliphatic heterocycles. The van der Waals surface area contributed by atoms with Crippen molar-refractivity contribution in [2.24, 2.45) is 0 Å². The summed E-state index contributed by atoms with van der Waals surface area (Å²) in [6.45, 7) is 4.84. The van der Waals surface area contributed by atoms with Gasteiger partial charge in [-0.1, -0.05) is 6.07 Å². The molecule has 1 heterocycles. The fourth-order valence-corrected chi connectivity index (χ4v) is 2.17. The summed E-state index contributed by atoms with van der Waals surface area (Å²) >= 11 is 3.16. The molecular weight excluding hydrogens is 313 g/mol. The highest BCUT2D eigenvalue weighted by Gasteiger charge is 2.14.